The fourth-order valence-electron chi connectivity index (χ4n) is 3.11. The molecule has 3 aromatic rings. The molecule has 0 aliphatic carbocycles. The van der Waals surface area contributed by atoms with Gasteiger partial charge in [0.25, 0.3) is 0 Å². The molecule has 3 rings (SSSR count). The molecule has 0 aliphatic rings. The summed E-state index contributed by atoms with van der Waals surface area (Å²) < 4.78 is 30.1. The van der Waals surface area contributed by atoms with E-state index in [0.717, 1.165) is 10.6 Å². The largest absolute Gasteiger partial charge is 0.247 e. The van der Waals surface area contributed by atoms with Crippen LogP contribution in [0.4, 0.5) is 0 Å². The van der Waals surface area contributed by atoms with E-state index >= 15 is 0 Å². The van der Waals surface area contributed by atoms with Crippen LogP contribution in [0.3, 0.4) is 0 Å². The van der Waals surface area contributed by atoms with Crippen molar-refractivity contribution in [3.8, 4) is 16.3 Å². The van der Waals surface area contributed by atoms with E-state index in [2.05, 4.69) is 5.10 Å². The average molecular weight is 390 g/mol. The third-order valence-corrected chi connectivity index (χ3v) is 7.16. The Balaban J connectivity index is 2.21. The Morgan fingerprint density at radius 1 is 1.00 bits per heavy atom. The minimum atomic E-state index is -3.69. The molecule has 138 valence electrons. The second-order valence-corrected chi connectivity index (χ2v) is 9.38. The average Bonchev–Trinajstić information content (AvgIpc) is 3.24. The van der Waals surface area contributed by atoms with Crippen molar-refractivity contribution in [1.82, 2.24) is 14.1 Å². The monoisotopic (exact) mass is 389 g/mol. The van der Waals surface area contributed by atoms with Crippen LogP contribution >= 0.6 is 11.3 Å². The Labute approximate surface area is 159 Å². The van der Waals surface area contributed by atoms with Gasteiger partial charge in [-0.05, 0) is 51.3 Å². The number of benzene rings is 1. The zero-order chi connectivity index (χ0) is 18.9. The topological polar surface area (TPSA) is 55.2 Å². The van der Waals surface area contributed by atoms with Gasteiger partial charge in [-0.15, -0.1) is 11.3 Å². The quantitative estimate of drug-likeness (QED) is 0.627. The maximum absolute atomic E-state index is 13.5. The highest BCUT2D eigenvalue weighted by Crippen LogP contribution is 2.33. The molecule has 0 saturated heterocycles. The van der Waals surface area contributed by atoms with E-state index < -0.39 is 10.0 Å². The van der Waals surface area contributed by atoms with Gasteiger partial charge in [0.1, 0.15) is 10.6 Å². The normalized spacial score (nSPS) is 12.4. The molecule has 1 aromatic carbocycles. The molecule has 7 heteroatoms. The van der Waals surface area contributed by atoms with Gasteiger partial charge in [-0.2, -0.15) is 9.40 Å². The molecule has 0 saturated carbocycles. The van der Waals surface area contributed by atoms with Crippen LogP contribution in [-0.4, -0.2) is 34.6 Å². The van der Waals surface area contributed by atoms with Crippen molar-refractivity contribution in [2.75, 3.05) is 0 Å². The fraction of sp³-hybridized carbons (Fsp3) is 0.316. The van der Waals surface area contributed by atoms with Gasteiger partial charge in [0.15, 0.2) is 0 Å². The fourth-order valence-corrected chi connectivity index (χ4v) is 5.86. The van der Waals surface area contributed by atoms with Gasteiger partial charge in [-0.3, -0.25) is 0 Å². The number of thiophene rings is 1. The molecule has 0 atom stereocenters. The SMILES string of the molecule is CC(C)N(C(C)C)S(=O)(=O)c1cn(-c2ccccc2)nc1-c1cccs1. The van der Waals surface area contributed by atoms with Gasteiger partial charge < -0.3 is 0 Å². The molecular formula is C19H23N3O2S2. The van der Waals surface area contributed by atoms with E-state index in [1.54, 1.807) is 10.9 Å². The summed E-state index contributed by atoms with van der Waals surface area (Å²) in [5.41, 5.74) is 1.32. The number of nitrogens with zero attached hydrogens (tertiary/aromatic N) is 3. The number of aromatic nitrogens is 2. The molecule has 2 aromatic heterocycles. The minimum absolute atomic E-state index is 0.142. The molecule has 0 N–H and O–H groups in total. The smallest absolute Gasteiger partial charge is 0.239 e. The van der Waals surface area contributed by atoms with E-state index in [0.29, 0.717) is 5.69 Å². The molecule has 5 nitrogen and oxygen atoms in total. The lowest BCUT2D eigenvalue weighted by molar-refractivity contribution is 0.302. The van der Waals surface area contributed by atoms with Crippen LogP contribution in [0.5, 0.6) is 0 Å². The van der Waals surface area contributed by atoms with Crippen molar-refractivity contribution in [3.63, 3.8) is 0 Å². The molecular weight excluding hydrogens is 366 g/mol. The Hall–Kier alpha value is -1.96. The van der Waals surface area contributed by atoms with E-state index in [1.807, 2.05) is 75.5 Å². The summed E-state index contributed by atoms with van der Waals surface area (Å²) in [5.74, 6) is 0. The summed E-state index contributed by atoms with van der Waals surface area (Å²) >= 11 is 1.48. The Bertz CT molecular complexity index is 952. The van der Waals surface area contributed by atoms with Crippen molar-refractivity contribution in [1.29, 1.82) is 0 Å². The highest BCUT2D eigenvalue weighted by molar-refractivity contribution is 7.89. The Kier molecular flexibility index (Phi) is 5.32. The second-order valence-electron chi connectivity index (χ2n) is 6.62. The lowest BCUT2D eigenvalue weighted by Gasteiger charge is -2.29. The Morgan fingerprint density at radius 2 is 1.65 bits per heavy atom. The molecule has 0 unspecified atom stereocenters. The number of para-hydroxylation sites is 1. The highest BCUT2D eigenvalue weighted by Gasteiger charge is 2.34. The van der Waals surface area contributed by atoms with E-state index in [9.17, 15) is 8.42 Å². The van der Waals surface area contributed by atoms with Crippen molar-refractivity contribution in [3.05, 3.63) is 54.0 Å². The van der Waals surface area contributed by atoms with Crippen LogP contribution in [0.1, 0.15) is 27.7 Å². The lowest BCUT2D eigenvalue weighted by Crippen LogP contribution is -2.42. The Morgan fingerprint density at radius 3 is 2.19 bits per heavy atom. The summed E-state index contributed by atoms with van der Waals surface area (Å²) in [6, 6.07) is 13.1. The number of rotatable bonds is 6. The van der Waals surface area contributed by atoms with Gasteiger partial charge in [-0.1, -0.05) is 24.3 Å². The summed E-state index contributed by atoms with van der Waals surface area (Å²) in [5, 5.41) is 6.54. The number of hydrogen-bond donors (Lipinski definition) is 0. The molecule has 0 spiro atoms. The zero-order valence-electron chi connectivity index (χ0n) is 15.3. The van der Waals surface area contributed by atoms with Crippen LogP contribution in [0.15, 0.2) is 58.9 Å². The van der Waals surface area contributed by atoms with Crippen molar-refractivity contribution in [2.45, 2.75) is 44.7 Å². The van der Waals surface area contributed by atoms with Crippen LogP contribution in [0, 0.1) is 0 Å². The summed E-state index contributed by atoms with van der Waals surface area (Å²) in [6.07, 6.45) is 1.62. The van der Waals surface area contributed by atoms with Gasteiger partial charge in [0.05, 0.1) is 16.8 Å². The first-order chi connectivity index (χ1) is 12.3. The highest BCUT2D eigenvalue weighted by atomic mass is 32.2. The number of hydrogen-bond acceptors (Lipinski definition) is 4. The standard InChI is InChI=1S/C19H23N3O2S2/c1-14(2)22(15(3)4)26(23,24)18-13-21(16-9-6-5-7-10-16)20-19(18)17-11-8-12-25-17/h5-15H,1-4H3. The molecule has 0 radical (unpaired) electrons. The molecule has 0 amide bonds. The lowest BCUT2D eigenvalue weighted by atomic mass is 10.3. The van der Waals surface area contributed by atoms with E-state index in [1.165, 1.54) is 15.6 Å². The molecule has 0 bridgehead atoms. The van der Waals surface area contributed by atoms with Crippen molar-refractivity contribution in [2.24, 2.45) is 0 Å². The van der Waals surface area contributed by atoms with Crippen molar-refractivity contribution >= 4 is 21.4 Å². The first-order valence-corrected chi connectivity index (χ1v) is 10.9. The first kappa shape index (κ1) is 18.8. The zero-order valence-corrected chi connectivity index (χ0v) is 17.0. The van der Waals surface area contributed by atoms with Crippen LogP contribution in [-0.2, 0) is 10.0 Å². The molecule has 0 aliphatic heterocycles. The van der Waals surface area contributed by atoms with Crippen molar-refractivity contribution < 1.29 is 8.42 Å². The van der Waals surface area contributed by atoms with E-state index in [4.69, 9.17) is 0 Å². The third kappa shape index (κ3) is 3.47. The second kappa shape index (κ2) is 7.34. The van der Waals surface area contributed by atoms with Crippen LogP contribution < -0.4 is 0 Å². The molecule has 26 heavy (non-hydrogen) atoms. The van der Waals surface area contributed by atoms with Gasteiger partial charge >= 0.3 is 0 Å². The predicted octanol–water partition coefficient (Wildman–Crippen LogP) is 4.41. The maximum Gasteiger partial charge on any atom is 0.247 e. The summed E-state index contributed by atoms with van der Waals surface area (Å²) in [4.78, 5) is 1.08. The summed E-state index contributed by atoms with van der Waals surface area (Å²) in [7, 11) is -3.69. The molecule has 2 heterocycles. The first-order valence-electron chi connectivity index (χ1n) is 8.55. The number of sulfonamides is 1. The summed E-state index contributed by atoms with van der Waals surface area (Å²) in [6.45, 7) is 7.57. The van der Waals surface area contributed by atoms with Crippen LogP contribution in [0.2, 0.25) is 0 Å². The third-order valence-electron chi connectivity index (χ3n) is 4.03. The van der Waals surface area contributed by atoms with Crippen LogP contribution in [0.25, 0.3) is 16.3 Å². The van der Waals surface area contributed by atoms with E-state index in [-0.39, 0.29) is 17.0 Å². The minimum Gasteiger partial charge on any atom is -0.239 e. The van der Waals surface area contributed by atoms with Gasteiger partial charge in [0.2, 0.25) is 10.0 Å². The molecule has 0 fully saturated rings. The predicted molar refractivity (Wildman–Crippen MR) is 106 cm³/mol. The van der Waals surface area contributed by atoms with Gasteiger partial charge in [-0.25, -0.2) is 13.1 Å². The van der Waals surface area contributed by atoms with Gasteiger partial charge in [0, 0.05) is 12.1 Å². The maximum atomic E-state index is 13.5.